The predicted octanol–water partition coefficient (Wildman–Crippen LogP) is 2.38. The fourth-order valence-electron chi connectivity index (χ4n) is 0.753. The van der Waals surface area contributed by atoms with Gasteiger partial charge in [0.25, 0.3) is 4.36 Å². The molecule has 0 atom stereocenters. The van der Waals surface area contributed by atoms with Gasteiger partial charge in [0, 0.05) is 0 Å². The van der Waals surface area contributed by atoms with Gasteiger partial charge in [0.05, 0.1) is 0 Å². The third-order valence-corrected chi connectivity index (χ3v) is 3.42. The molecule has 1 aromatic rings. The van der Waals surface area contributed by atoms with Crippen molar-refractivity contribution < 1.29 is 0 Å². The van der Waals surface area contributed by atoms with Crippen LogP contribution in [0.4, 0.5) is 0 Å². The Hall–Kier alpha value is 1.40. The van der Waals surface area contributed by atoms with Crippen molar-refractivity contribution in [3.8, 4) is 0 Å². The lowest BCUT2D eigenvalue weighted by molar-refractivity contribution is 2.12. The molecule has 0 aliphatic rings. The number of hydrogen-bond donors (Lipinski definition) is 0. The number of rotatable bonds is 2. The molecule has 0 spiro atoms. The van der Waals surface area contributed by atoms with Gasteiger partial charge in [-0.25, -0.2) is 6.07 Å². The molecule has 6 heteroatoms. The van der Waals surface area contributed by atoms with Crippen molar-refractivity contribution in [2.45, 2.75) is 0 Å². The highest BCUT2D eigenvalue weighted by Crippen LogP contribution is 2.06. The van der Waals surface area contributed by atoms with Crippen LogP contribution in [0.2, 0.25) is 0 Å². The summed E-state index contributed by atoms with van der Waals surface area (Å²) in [4.78, 5) is 0. The first-order chi connectivity index (χ1) is 5.11. The van der Waals surface area contributed by atoms with Crippen molar-refractivity contribution in [1.82, 2.24) is 0 Å². The van der Waals surface area contributed by atoms with E-state index in [4.69, 9.17) is 0 Å². The van der Waals surface area contributed by atoms with Crippen LogP contribution in [0.15, 0.2) is 18.2 Å². The van der Waals surface area contributed by atoms with Crippen molar-refractivity contribution in [1.29, 1.82) is 0 Å². The fraction of sp³-hybridized carbons (Fsp3) is 0. The first-order valence-corrected chi connectivity index (χ1v) is 6.60. The van der Waals surface area contributed by atoms with Crippen LogP contribution >= 0.6 is 63.0 Å². The second kappa shape index (κ2) is 4.58. The van der Waals surface area contributed by atoms with Gasteiger partial charge in [-0.3, -0.25) is 0 Å². The van der Waals surface area contributed by atoms with Crippen molar-refractivity contribution >= 4 is 82.7 Å². The monoisotopic (exact) mass is 401 g/mol. The molecule has 0 aliphatic carbocycles. The molecule has 1 rings (SSSR count). The summed E-state index contributed by atoms with van der Waals surface area (Å²) in [7, 11) is 0. The summed E-state index contributed by atoms with van der Waals surface area (Å²) < 4.78 is 0.505. The second-order valence-corrected chi connectivity index (χ2v) is 8.20. The van der Waals surface area contributed by atoms with E-state index >= 15 is 0 Å². The summed E-state index contributed by atoms with van der Waals surface area (Å²) >= 11 is 13.7. The van der Waals surface area contributed by atoms with Crippen molar-refractivity contribution in [2.24, 2.45) is 0 Å². The van der Waals surface area contributed by atoms with Crippen LogP contribution in [-0.2, 0) is 0 Å². The maximum absolute atomic E-state index is 3.43. The molecule has 0 radical (unpaired) electrons. The molecule has 0 N–H and O–H groups in total. The van der Waals surface area contributed by atoms with Crippen LogP contribution in [0.5, 0.6) is 0 Å². The van der Waals surface area contributed by atoms with E-state index in [1.165, 1.54) is 10.9 Å². The third kappa shape index (κ3) is 2.98. The van der Waals surface area contributed by atoms with Gasteiger partial charge in [-0.15, -0.1) is 31.5 Å². The molecular formula is C5H3B2Br4-. The molecule has 0 fully saturated rings. The average Bonchev–Trinajstić information content (AvgIpc) is 2.33. The maximum Gasteiger partial charge on any atom is 0.304 e. The summed E-state index contributed by atoms with van der Waals surface area (Å²) in [5, 5.41) is 0. The summed E-state index contributed by atoms with van der Waals surface area (Å²) in [5.41, 5.74) is 2.48. The lowest BCUT2D eigenvalue weighted by atomic mass is 9.94. The summed E-state index contributed by atoms with van der Waals surface area (Å²) in [6.07, 6.45) is 0. The van der Waals surface area contributed by atoms with E-state index in [1.54, 1.807) is 0 Å². The van der Waals surface area contributed by atoms with Gasteiger partial charge in [-0.05, 0) is 0 Å². The van der Waals surface area contributed by atoms with Crippen molar-refractivity contribution in [2.75, 3.05) is 0 Å². The molecule has 0 nitrogen and oxygen atoms in total. The smallest absolute Gasteiger partial charge is 0.218 e. The largest absolute Gasteiger partial charge is 0.304 e. The Labute approximate surface area is 99.9 Å². The zero-order valence-corrected chi connectivity index (χ0v) is 11.7. The molecule has 11 heavy (non-hydrogen) atoms. The van der Waals surface area contributed by atoms with E-state index in [1.807, 2.05) is 0 Å². The minimum atomic E-state index is 0.252. The molecule has 0 unspecified atom stereocenters. The summed E-state index contributed by atoms with van der Waals surface area (Å²) in [6, 6.07) is 6.29. The van der Waals surface area contributed by atoms with Crippen LogP contribution in [0.3, 0.4) is 0 Å². The van der Waals surface area contributed by atoms with Crippen LogP contribution in [0.1, 0.15) is 0 Å². The van der Waals surface area contributed by atoms with E-state index in [9.17, 15) is 0 Å². The van der Waals surface area contributed by atoms with Crippen LogP contribution in [0, 0.1) is 0 Å². The zero-order valence-electron chi connectivity index (χ0n) is 5.40. The maximum atomic E-state index is 3.43. The highest BCUT2D eigenvalue weighted by atomic mass is 79.9. The van der Waals surface area contributed by atoms with Crippen LogP contribution in [0.25, 0.3) is 0 Å². The Morgan fingerprint density at radius 2 is 1.73 bits per heavy atom. The van der Waals surface area contributed by atoms with E-state index in [-0.39, 0.29) is 8.72 Å². The first kappa shape index (κ1) is 10.5. The van der Waals surface area contributed by atoms with Gasteiger partial charge < -0.3 is 0 Å². The third-order valence-electron chi connectivity index (χ3n) is 1.31. The summed E-state index contributed by atoms with van der Waals surface area (Å²) in [5.74, 6) is 0. The molecule has 0 saturated carbocycles. The van der Waals surface area contributed by atoms with E-state index in [0.717, 1.165) is 0 Å². The summed E-state index contributed by atoms with van der Waals surface area (Å²) in [6.45, 7) is 0. The lowest BCUT2D eigenvalue weighted by Gasteiger charge is -2.01. The van der Waals surface area contributed by atoms with Gasteiger partial charge in [0.2, 0.25) is 0 Å². The number of hydrogen-bond acceptors (Lipinski definition) is 0. The Kier molecular flexibility index (Phi) is 4.37. The second-order valence-electron chi connectivity index (χ2n) is 2.08. The Morgan fingerprint density at radius 1 is 1.09 bits per heavy atom. The van der Waals surface area contributed by atoms with E-state index < -0.39 is 0 Å². The van der Waals surface area contributed by atoms with Gasteiger partial charge in [0.15, 0.2) is 0 Å². The molecule has 0 aromatic heterocycles. The molecule has 0 aliphatic heterocycles. The normalized spacial score (nSPS) is 9.82. The Morgan fingerprint density at radius 3 is 2.00 bits per heavy atom. The molecular weight excluding hydrogens is 401 g/mol. The van der Waals surface area contributed by atoms with Gasteiger partial charge in [0.1, 0.15) is 0 Å². The lowest BCUT2D eigenvalue weighted by Crippen LogP contribution is -2.19. The molecule has 0 amide bonds. The predicted molar refractivity (Wildman–Crippen MR) is 68.5 cm³/mol. The minimum absolute atomic E-state index is 0.252. The molecule has 58 valence electrons. The topological polar surface area (TPSA) is 0 Å². The zero-order chi connectivity index (χ0) is 8.43. The highest BCUT2D eigenvalue weighted by Gasteiger charge is 2.05. The molecule has 1 aromatic carbocycles. The fourth-order valence-corrected chi connectivity index (χ4v) is 1.89. The van der Waals surface area contributed by atoms with Gasteiger partial charge in [-0.2, -0.15) is 54.6 Å². The van der Waals surface area contributed by atoms with Crippen LogP contribution < -0.4 is 10.9 Å². The number of halogens is 4. The quantitative estimate of drug-likeness (QED) is 0.525. The van der Waals surface area contributed by atoms with Gasteiger partial charge in [-0.1, -0.05) is 0 Å². The van der Waals surface area contributed by atoms with E-state index in [0.29, 0.717) is 0 Å². The average molecular weight is 404 g/mol. The molecule has 0 heterocycles. The van der Waals surface area contributed by atoms with Crippen LogP contribution in [-0.4, -0.2) is 8.72 Å². The Bertz CT molecular complexity index is 210. The minimum Gasteiger partial charge on any atom is -0.218 e. The molecule has 0 saturated heterocycles. The highest BCUT2D eigenvalue weighted by molar-refractivity contribution is 9.50. The van der Waals surface area contributed by atoms with E-state index in [2.05, 4.69) is 81.2 Å². The standard InChI is InChI=1S/C5H3B2Br4/c8-6(9)4-1-2-5(3-4)7(10)11/h1-3H/q-1. The van der Waals surface area contributed by atoms with Crippen molar-refractivity contribution in [3.63, 3.8) is 0 Å². The van der Waals surface area contributed by atoms with Crippen molar-refractivity contribution in [3.05, 3.63) is 18.2 Å². The van der Waals surface area contributed by atoms with Gasteiger partial charge >= 0.3 is 4.36 Å². The Balaban J connectivity index is 2.82. The molecule has 0 bridgehead atoms. The SMILES string of the molecule is BrB(Br)c1c[cH-]c(B(Br)Br)c1. The first-order valence-electron chi connectivity index (χ1n) is 2.94.